The molecule has 0 aliphatic heterocycles. The highest BCUT2D eigenvalue weighted by Crippen LogP contribution is 2.13. The molecule has 0 aliphatic rings. The molecule has 16 heavy (non-hydrogen) atoms. The summed E-state index contributed by atoms with van der Waals surface area (Å²) in [6.07, 6.45) is 0. The van der Waals surface area contributed by atoms with E-state index in [0.717, 1.165) is 5.56 Å². The van der Waals surface area contributed by atoms with Gasteiger partial charge in [-0.05, 0) is 24.6 Å². The number of hydrogen-bond donors (Lipinski definition) is 1. The smallest absolute Gasteiger partial charge is 0.260 e. The molecule has 1 amide bonds. The van der Waals surface area contributed by atoms with E-state index in [-0.39, 0.29) is 19.1 Å². The monoisotopic (exact) mass is 223 g/mol. The van der Waals surface area contributed by atoms with Crippen LogP contribution in [0.5, 0.6) is 5.75 Å². The Morgan fingerprint density at radius 3 is 2.88 bits per heavy atom. The second-order valence-corrected chi connectivity index (χ2v) is 3.50. The van der Waals surface area contributed by atoms with Crippen LogP contribution in [-0.2, 0) is 11.4 Å². The van der Waals surface area contributed by atoms with Gasteiger partial charge in [0.1, 0.15) is 5.75 Å². The molecule has 1 aromatic carbocycles. The van der Waals surface area contributed by atoms with E-state index in [0.29, 0.717) is 12.3 Å². The maximum Gasteiger partial charge on any atom is 0.260 e. The predicted molar refractivity (Wildman–Crippen MR) is 61.2 cm³/mol. The summed E-state index contributed by atoms with van der Waals surface area (Å²) >= 11 is 0. The number of carbonyl (C=O) groups is 1. The van der Waals surface area contributed by atoms with Gasteiger partial charge in [-0.3, -0.25) is 4.79 Å². The minimum absolute atomic E-state index is 0.0270. The first-order valence-corrected chi connectivity index (χ1v) is 5.24. The lowest BCUT2D eigenvalue weighted by Gasteiger charge is -2.14. The zero-order chi connectivity index (χ0) is 12.0. The molecule has 1 rings (SSSR count). The van der Waals surface area contributed by atoms with Crippen LogP contribution in [-0.4, -0.2) is 36.1 Å². The molecule has 0 bridgehead atoms. The minimum Gasteiger partial charge on any atom is -0.484 e. The van der Waals surface area contributed by atoms with Gasteiger partial charge in [-0.2, -0.15) is 0 Å². The maximum atomic E-state index is 11.5. The van der Waals surface area contributed by atoms with E-state index in [9.17, 15) is 4.79 Å². The van der Waals surface area contributed by atoms with E-state index < -0.39 is 0 Å². The number of nitrogens with zero attached hydrogens (tertiary/aromatic N) is 1. The lowest BCUT2D eigenvalue weighted by molar-refractivity contribution is -0.131. The Morgan fingerprint density at radius 2 is 2.25 bits per heavy atom. The van der Waals surface area contributed by atoms with E-state index >= 15 is 0 Å². The highest BCUT2D eigenvalue weighted by atomic mass is 16.5. The maximum absolute atomic E-state index is 11.5. The summed E-state index contributed by atoms with van der Waals surface area (Å²) in [7, 11) is 1.73. The van der Waals surface area contributed by atoms with Crippen LogP contribution in [0, 0.1) is 0 Å². The first-order chi connectivity index (χ1) is 7.67. The Hall–Kier alpha value is -1.55. The zero-order valence-electron chi connectivity index (χ0n) is 9.64. The molecule has 0 fully saturated rings. The van der Waals surface area contributed by atoms with Crippen LogP contribution in [0.1, 0.15) is 12.5 Å². The summed E-state index contributed by atoms with van der Waals surface area (Å²) in [5, 5.41) is 8.94. The number of ether oxygens (including phenoxy) is 1. The lowest BCUT2D eigenvalue weighted by atomic mass is 10.2. The fourth-order valence-electron chi connectivity index (χ4n) is 1.17. The van der Waals surface area contributed by atoms with E-state index in [1.807, 2.05) is 6.92 Å². The van der Waals surface area contributed by atoms with Gasteiger partial charge < -0.3 is 14.7 Å². The average Bonchev–Trinajstić information content (AvgIpc) is 2.35. The number of rotatable bonds is 5. The Kier molecular flexibility index (Phi) is 4.79. The molecular formula is C12H17NO3. The molecule has 0 aromatic heterocycles. The van der Waals surface area contributed by atoms with E-state index in [1.54, 1.807) is 36.2 Å². The molecule has 0 saturated carbocycles. The van der Waals surface area contributed by atoms with Crippen molar-refractivity contribution in [2.75, 3.05) is 20.2 Å². The van der Waals surface area contributed by atoms with Gasteiger partial charge in [-0.25, -0.2) is 0 Å². The van der Waals surface area contributed by atoms with Gasteiger partial charge in [0.15, 0.2) is 6.61 Å². The van der Waals surface area contributed by atoms with E-state index in [1.165, 1.54) is 0 Å². The molecule has 0 atom stereocenters. The average molecular weight is 223 g/mol. The Labute approximate surface area is 95.5 Å². The third-order valence-corrected chi connectivity index (χ3v) is 2.34. The summed E-state index contributed by atoms with van der Waals surface area (Å²) in [6.45, 7) is 2.57. The number of likely N-dealkylation sites (N-methyl/N-ethyl adjacent to an activating group) is 1. The summed E-state index contributed by atoms with van der Waals surface area (Å²) in [4.78, 5) is 13.0. The quantitative estimate of drug-likeness (QED) is 0.811. The van der Waals surface area contributed by atoms with Gasteiger partial charge in [0, 0.05) is 13.6 Å². The molecule has 88 valence electrons. The predicted octanol–water partition coefficient (Wildman–Crippen LogP) is 1.04. The van der Waals surface area contributed by atoms with Crippen molar-refractivity contribution >= 4 is 5.91 Å². The van der Waals surface area contributed by atoms with Gasteiger partial charge in [0.05, 0.1) is 6.61 Å². The van der Waals surface area contributed by atoms with Gasteiger partial charge >= 0.3 is 0 Å². The molecule has 0 unspecified atom stereocenters. The van der Waals surface area contributed by atoms with Crippen LogP contribution < -0.4 is 4.74 Å². The number of hydrogen-bond acceptors (Lipinski definition) is 3. The number of aliphatic hydroxyl groups is 1. The van der Waals surface area contributed by atoms with Crippen molar-refractivity contribution in [1.82, 2.24) is 4.90 Å². The summed E-state index contributed by atoms with van der Waals surface area (Å²) < 4.78 is 5.33. The standard InChI is InChI=1S/C12H17NO3/c1-3-13(2)12(15)9-16-11-6-4-5-10(7-11)8-14/h4-7,14H,3,8-9H2,1-2H3. The molecule has 1 N–H and O–H groups in total. The Morgan fingerprint density at radius 1 is 1.50 bits per heavy atom. The van der Waals surface area contributed by atoms with Gasteiger partial charge in [0.2, 0.25) is 0 Å². The molecule has 0 aliphatic carbocycles. The number of carbonyl (C=O) groups excluding carboxylic acids is 1. The summed E-state index contributed by atoms with van der Waals surface area (Å²) in [5.74, 6) is 0.543. The molecule has 4 nitrogen and oxygen atoms in total. The van der Waals surface area contributed by atoms with Crippen LogP contribution in [0.15, 0.2) is 24.3 Å². The molecule has 0 spiro atoms. The van der Waals surface area contributed by atoms with Gasteiger partial charge in [-0.15, -0.1) is 0 Å². The summed E-state index contributed by atoms with van der Waals surface area (Å²) in [5.41, 5.74) is 0.772. The van der Waals surface area contributed by atoms with E-state index in [4.69, 9.17) is 9.84 Å². The Bertz CT molecular complexity index is 352. The third-order valence-electron chi connectivity index (χ3n) is 2.34. The minimum atomic E-state index is -0.0584. The second kappa shape index (κ2) is 6.12. The normalized spacial score (nSPS) is 9.94. The molecule has 4 heteroatoms. The van der Waals surface area contributed by atoms with E-state index in [2.05, 4.69) is 0 Å². The fourth-order valence-corrected chi connectivity index (χ4v) is 1.17. The molecule has 0 saturated heterocycles. The topological polar surface area (TPSA) is 49.8 Å². The van der Waals surface area contributed by atoms with Crippen LogP contribution in [0.3, 0.4) is 0 Å². The molecule has 1 aromatic rings. The number of aliphatic hydroxyl groups excluding tert-OH is 1. The van der Waals surface area contributed by atoms with Crippen molar-refractivity contribution in [1.29, 1.82) is 0 Å². The second-order valence-electron chi connectivity index (χ2n) is 3.50. The van der Waals surface area contributed by atoms with Crippen molar-refractivity contribution in [2.45, 2.75) is 13.5 Å². The number of benzene rings is 1. The molecule has 0 radical (unpaired) electrons. The summed E-state index contributed by atoms with van der Waals surface area (Å²) in [6, 6.07) is 7.07. The SMILES string of the molecule is CCN(C)C(=O)COc1cccc(CO)c1. The van der Waals surface area contributed by atoms with Crippen molar-refractivity contribution in [3.8, 4) is 5.75 Å². The van der Waals surface area contributed by atoms with Gasteiger partial charge in [0.25, 0.3) is 5.91 Å². The van der Waals surface area contributed by atoms with Crippen LogP contribution in [0.2, 0.25) is 0 Å². The van der Waals surface area contributed by atoms with Gasteiger partial charge in [-0.1, -0.05) is 12.1 Å². The van der Waals surface area contributed by atoms with Crippen LogP contribution in [0.25, 0.3) is 0 Å². The van der Waals surface area contributed by atoms with Crippen molar-refractivity contribution in [3.05, 3.63) is 29.8 Å². The first kappa shape index (κ1) is 12.5. The van der Waals surface area contributed by atoms with Crippen LogP contribution >= 0.6 is 0 Å². The van der Waals surface area contributed by atoms with Crippen molar-refractivity contribution in [3.63, 3.8) is 0 Å². The van der Waals surface area contributed by atoms with Crippen LogP contribution in [0.4, 0.5) is 0 Å². The number of amides is 1. The third kappa shape index (κ3) is 3.55. The lowest BCUT2D eigenvalue weighted by Crippen LogP contribution is -2.31. The fraction of sp³-hybridized carbons (Fsp3) is 0.417. The first-order valence-electron chi connectivity index (χ1n) is 5.24. The highest BCUT2D eigenvalue weighted by Gasteiger charge is 2.07. The van der Waals surface area contributed by atoms with Crippen molar-refractivity contribution < 1.29 is 14.6 Å². The molecular weight excluding hydrogens is 206 g/mol. The Balaban J connectivity index is 2.51. The van der Waals surface area contributed by atoms with Crippen molar-refractivity contribution in [2.24, 2.45) is 0 Å². The molecule has 0 heterocycles. The largest absolute Gasteiger partial charge is 0.484 e. The highest BCUT2D eigenvalue weighted by molar-refractivity contribution is 5.77. The zero-order valence-corrected chi connectivity index (χ0v) is 9.64.